The number of nitrogens with zero attached hydrogens (tertiary/aromatic N) is 3. The summed E-state index contributed by atoms with van der Waals surface area (Å²) in [5, 5.41) is 20.4. The average molecular weight is 409 g/mol. The third kappa shape index (κ3) is 3.79. The first-order valence-corrected chi connectivity index (χ1v) is 9.84. The second kappa shape index (κ2) is 7.84. The lowest BCUT2D eigenvalue weighted by Gasteiger charge is -2.09. The molecular formula is C25H19N3O3. The van der Waals surface area contributed by atoms with Crippen LogP contribution in [-0.4, -0.2) is 24.6 Å². The van der Waals surface area contributed by atoms with E-state index in [4.69, 9.17) is 4.74 Å². The highest BCUT2D eigenvalue weighted by Gasteiger charge is 2.19. The molecule has 2 heterocycles. The molecule has 5 aromatic rings. The van der Waals surface area contributed by atoms with Gasteiger partial charge < -0.3 is 14.9 Å². The van der Waals surface area contributed by atoms with Crippen molar-refractivity contribution in [1.82, 2.24) is 14.4 Å². The van der Waals surface area contributed by atoms with Crippen LogP contribution in [0.1, 0.15) is 11.3 Å². The Hall–Kier alpha value is -4.32. The van der Waals surface area contributed by atoms with Gasteiger partial charge in [-0.05, 0) is 29.8 Å². The predicted octanol–water partition coefficient (Wildman–Crippen LogP) is 5.19. The number of hydrogen-bond donors (Lipinski definition) is 2. The third-order valence-corrected chi connectivity index (χ3v) is 4.96. The molecule has 31 heavy (non-hydrogen) atoms. The molecule has 0 aliphatic rings. The Morgan fingerprint density at radius 3 is 2.16 bits per heavy atom. The van der Waals surface area contributed by atoms with Crippen LogP contribution < -0.4 is 4.74 Å². The Kier molecular flexibility index (Phi) is 4.72. The fourth-order valence-electron chi connectivity index (χ4n) is 3.40. The molecule has 152 valence electrons. The lowest BCUT2D eigenvalue weighted by molar-refractivity contribution is 0.438. The second-order valence-corrected chi connectivity index (χ2v) is 7.13. The van der Waals surface area contributed by atoms with Crippen LogP contribution in [0.4, 0.5) is 0 Å². The molecule has 0 saturated heterocycles. The molecule has 0 fully saturated rings. The van der Waals surface area contributed by atoms with E-state index in [1.807, 2.05) is 60.7 Å². The van der Waals surface area contributed by atoms with Gasteiger partial charge in [0, 0.05) is 18.2 Å². The summed E-state index contributed by atoms with van der Waals surface area (Å²) in [6.45, 7) is 0. The van der Waals surface area contributed by atoms with Gasteiger partial charge in [-0.15, -0.1) is 0 Å². The maximum Gasteiger partial charge on any atom is 0.264 e. The number of aromatic hydroxyl groups is 2. The molecule has 0 spiro atoms. The average Bonchev–Trinajstić information content (AvgIpc) is 3.12. The van der Waals surface area contributed by atoms with E-state index in [1.165, 1.54) is 0 Å². The molecule has 0 atom stereocenters. The Bertz CT molecular complexity index is 1330. The van der Waals surface area contributed by atoms with Crippen LogP contribution in [0.25, 0.3) is 16.9 Å². The Labute approximate surface area is 178 Å². The fraction of sp³-hybridized carbons (Fsp3) is 0.0400. The molecule has 2 N–H and O–H groups in total. The van der Waals surface area contributed by atoms with Crippen LogP contribution >= 0.6 is 0 Å². The minimum atomic E-state index is 0.0283. The fourth-order valence-corrected chi connectivity index (χ4v) is 3.40. The molecule has 6 heteroatoms. The normalized spacial score (nSPS) is 11.0. The Morgan fingerprint density at radius 2 is 1.45 bits per heavy atom. The number of para-hydroxylation sites is 1. The van der Waals surface area contributed by atoms with Crippen molar-refractivity contribution in [3.63, 3.8) is 0 Å². The molecule has 0 radical (unpaired) electrons. The van der Waals surface area contributed by atoms with Gasteiger partial charge in [-0.3, -0.25) is 4.40 Å². The number of benzene rings is 3. The minimum absolute atomic E-state index is 0.0283. The molecule has 0 bridgehead atoms. The molecule has 6 nitrogen and oxygen atoms in total. The van der Waals surface area contributed by atoms with Gasteiger partial charge in [0.05, 0.1) is 5.69 Å². The van der Waals surface area contributed by atoms with E-state index in [1.54, 1.807) is 34.9 Å². The standard InChI is InChI=1S/C25H19N3O3/c29-19-13-11-17(12-14-19)15-21-25(30)28-16-22(18-7-3-1-4-8-18)27-24(23(28)26-21)31-20-9-5-2-6-10-20/h1-14,16,29-30H,15H2. The highest BCUT2D eigenvalue weighted by molar-refractivity contribution is 5.65. The highest BCUT2D eigenvalue weighted by Crippen LogP contribution is 2.32. The first-order valence-electron chi connectivity index (χ1n) is 9.84. The number of hydrogen-bond acceptors (Lipinski definition) is 5. The number of phenolic OH excluding ortho intramolecular Hbond substituents is 1. The number of fused-ring (bicyclic) bond motifs is 1. The molecule has 0 unspecified atom stereocenters. The SMILES string of the molecule is Oc1ccc(Cc2nc3c(Oc4ccccc4)nc(-c4ccccc4)cn3c2O)cc1. The van der Waals surface area contributed by atoms with Gasteiger partial charge in [-0.1, -0.05) is 60.7 Å². The Morgan fingerprint density at radius 1 is 0.774 bits per heavy atom. The molecule has 3 aromatic carbocycles. The van der Waals surface area contributed by atoms with Crippen molar-refractivity contribution in [1.29, 1.82) is 0 Å². The van der Waals surface area contributed by atoms with E-state index in [0.717, 1.165) is 11.1 Å². The number of ether oxygens (including phenoxy) is 1. The molecule has 0 amide bonds. The summed E-state index contributed by atoms with van der Waals surface area (Å²) < 4.78 is 7.65. The van der Waals surface area contributed by atoms with E-state index in [9.17, 15) is 10.2 Å². The minimum Gasteiger partial charge on any atom is -0.508 e. The maximum atomic E-state index is 10.9. The first-order chi connectivity index (χ1) is 15.2. The summed E-state index contributed by atoms with van der Waals surface area (Å²) in [6.07, 6.45) is 2.16. The summed E-state index contributed by atoms with van der Waals surface area (Å²) in [5.41, 5.74) is 3.39. The van der Waals surface area contributed by atoms with Crippen LogP contribution in [0.2, 0.25) is 0 Å². The van der Waals surface area contributed by atoms with Crippen molar-refractivity contribution in [2.24, 2.45) is 0 Å². The van der Waals surface area contributed by atoms with E-state index < -0.39 is 0 Å². The van der Waals surface area contributed by atoms with Gasteiger partial charge >= 0.3 is 0 Å². The van der Waals surface area contributed by atoms with Crippen LogP contribution in [0, 0.1) is 0 Å². The smallest absolute Gasteiger partial charge is 0.264 e. The van der Waals surface area contributed by atoms with Crippen LogP contribution in [-0.2, 0) is 6.42 Å². The number of imidazole rings is 1. The van der Waals surface area contributed by atoms with Crippen LogP contribution in [0.5, 0.6) is 23.3 Å². The molecule has 0 aliphatic carbocycles. The van der Waals surface area contributed by atoms with Gasteiger partial charge in [0.15, 0.2) is 0 Å². The van der Waals surface area contributed by atoms with Crippen molar-refractivity contribution in [2.45, 2.75) is 6.42 Å². The van der Waals surface area contributed by atoms with Crippen molar-refractivity contribution in [3.8, 4) is 34.5 Å². The maximum absolute atomic E-state index is 10.9. The summed E-state index contributed by atoms with van der Waals surface area (Å²) in [6, 6.07) is 25.9. The van der Waals surface area contributed by atoms with Crippen molar-refractivity contribution in [2.75, 3.05) is 0 Å². The van der Waals surface area contributed by atoms with Gasteiger partial charge in [-0.25, -0.2) is 9.97 Å². The zero-order valence-electron chi connectivity index (χ0n) is 16.5. The molecule has 0 saturated carbocycles. The highest BCUT2D eigenvalue weighted by atomic mass is 16.5. The number of phenols is 1. The quantitative estimate of drug-likeness (QED) is 0.418. The second-order valence-electron chi connectivity index (χ2n) is 7.13. The number of rotatable bonds is 5. The van der Waals surface area contributed by atoms with E-state index in [2.05, 4.69) is 9.97 Å². The van der Waals surface area contributed by atoms with Gasteiger partial charge in [0.25, 0.3) is 5.88 Å². The van der Waals surface area contributed by atoms with E-state index in [-0.39, 0.29) is 11.6 Å². The van der Waals surface area contributed by atoms with Crippen molar-refractivity contribution in [3.05, 3.63) is 102 Å². The predicted molar refractivity (Wildman–Crippen MR) is 118 cm³/mol. The third-order valence-electron chi connectivity index (χ3n) is 4.96. The molecule has 0 aliphatic heterocycles. The number of aromatic nitrogens is 3. The van der Waals surface area contributed by atoms with Crippen LogP contribution in [0.15, 0.2) is 91.1 Å². The lowest BCUT2D eigenvalue weighted by Crippen LogP contribution is -1.97. The topological polar surface area (TPSA) is 79.9 Å². The Balaban J connectivity index is 1.64. The van der Waals surface area contributed by atoms with Gasteiger partial charge in [0.1, 0.15) is 17.2 Å². The summed E-state index contributed by atoms with van der Waals surface area (Å²) >= 11 is 0. The lowest BCUT2D eigenvalue weighted by atomic mass is 10.1. The van der Waals surface area contributed by atoms with E-state index in [0.29, 0.717) is 35.1 Å². The van der Waals surface area contributed by atoms with Crippen molar-refractivity contribution < 1.29 is 14.9 Å². The summed E-state index contributed by atoms with van der Waals surface area (Å²) in [7, 11) is 0. The molecular weight excluding hydrogens is 390 g/mol. The van der Waals surface area contributed by atoms with Gasteiger partial charge in [0.2, 0.25) is 11.5 Å². The molecule has 2 aromatic heterocycles. The monoisotopic (exact) mass is 409 g/mol. The van der Waals surface area contributed by atoms with E-state index >= 15 is 0 Å². The van der Waals surface area contributed by atoms with Crippen molar-refractivity contribution >= 4 is 5.65 Å². The molecule has 5 rings (SSSR count). The van der Waals surface area contributed by atoms with Crippen LogP contribution in [0.3, 0.4) is 0 Å². The zero-order chi connectivity index (χ0) is 21.2. The summed E-state index contributed by atoms with van der Waals surface area (Å²) in [5.74, 6) is 1.16. The first kappa shape index (κ1) is 18.7. The van der Waals surface area contributed by atoms with Gasteiger partial charge in [-0.2, -0.15) is 0 Å². The zero-order valence-corrected chi connectivity index (χ0v) is 16.5. The summed E-state index contributed by atoms with van der Waals surface area (Å²) in [4.78, 5) is 9.31. The largest absolute Gasteiger partial charge is 0.508 e.